The summed E-state index contributed by atoms with van der Waals surface area (Å²) in [4.78, 5) is 17.0. The molecule has 1 aliphatic rings. The fraction of sp³-hybridized carbons (Fsp3) is 0.240. The van der Waals surface area contributed by atoms with Crippen molar-refractivity contribution in [2.45, 2.75) is 13.0 Å². The molecule has 1 aliphatic heterocycles. The van der Waals surface area contributed by atoms with Gasteiger partial charge in [-0.15, -0.1) is 0 Å². The molecule has 3 aromatic carbocycles. The number of amides is 1. The van der Waals surface area contributed by atoms with Gasteiger partial charge < -0.3 is 4.90 Å². The predicted molar refractivity (Wildman–Crippen MR) is 114 cm³/mol. The van der Waals surface area contributed by atoms with Gasteiger partial charge in [0, 0.05) is 32.7 Å². The van der Waals surface area contributed by atoms with E-state index in [2.05, 4.69) is 53.4 Å². The van der Waals surface area contributed by atoms with E-state index in [1.807, 2.05) is 41.3 Å². The molecule has 0 bridgehead atoms. The molecule has 3 heteroatoms. The highest BCUT2D eigenvalue weighted by molar-refractivity contribution is 5.78. The Hall–Kier alpha value is -2.91. The minimum Gasteiger partial charge on any atom is -0.340 e. The molecule has 1 amide bonds. The van der Waals surface area contributed by atoms with Crippen LogP contribution in [0.5, 0.6) is 0 Å². The lowest BCUT2D eigenvalue weighted by Crippen LogP contribution is -2.48. The van der Waals surface area contributed by atoms with Gasteiger partial charge in [-0.2, -0.15) is 0 Å². The molecule has 0 atom stereocenters. The van der Waals surface area contributed by atoms with Crippen molar-refractivity contribution in [1.29, 1.82) is 0 Å². The van der Waals surface area contributed by atoms with Crippen LogP contribution in [0.1, 0.15) is 11.1 Å². The largest absolute Gasteiger partial charge is 0.340 e. The van der Waals surface area contributed by atoms with Crippen molar-refractivity contribution < 1.29 is 4.79 Å². The molecule has 3 nitrogen and oxygen atoms in total. The first-order chi connectivity index (χ1) is 13.8. The van der Waals surface area contributed by atoms with Gasteiger partial charge in [-0.3, -0.25) is 9.69 Å². The second-order valence-corrected chi connectivity index (χ2v) is 7.39. The van der Waals surface area contributed by atoms with E-state index in [4.69, 9.17) is 0 Å². The third-order valence-electron chi connectivity index (χ3n) is 5.36. The Morgan fingerprint density at radius 1 is 0.679 bits per heavy atom. The summed E-state index contributed by atoms with van der Waals surface area (Å²) >= 11 is 0. The van der Waals surface area contributed by atoms with Crippen molar-refractivity contribution in [3.8, 4) is 11.1 Å². The first kappa shape index (κ1) is 18.5. The lowest BCUT2D eigenvalue weighted by atomic mass is 10.0. The molecule has 0 saturated carbocycles. The monoisotopic (exact) mass is 370 g/mol. The van der Waals surface area contributed by atoms with E-state index in [9.17, 15) is 4.79 Å². The summed E-state index contributed by atoms with van der Waals surface area (Å²) < 4.78 is 0. The van der Waals surface area contributed by atoms with E-state index in [-0.39, 0.29) is 5.91 Å². The zero-order valence-corrected chi connectivity index (χ0v) is 16.1. The molecule has 142 valence electrons. The maximum absolute atomic E-state index is 12.5. The van der Waals surface area contributed by atoms with E-state index >= 15 is 0 Å². The summed E-state index contributed by atoms with van der Waals surface area (Å²) in [5.74, 6) is 0.233. The highest BCUT2D eigenvalue weighted by Gasteiger charge is 2.21. The molecule has 1 saturated heterocycles. The quantitative estimate of drug-likeness (QED) is 0.671. The molecule has 0 aromatic heterocycles. The van der Waals surface area contributed by atoms with E-state index in [0.717, 1.165) is 38.3 Å². The van der Waals surface area contributed by atoms with Crippen LogP contribution in [0.15, 0.2) is 84.9 Å². The molecule has 0 unspecified atom stereocenters. The second kappa shape index (κ2) is 8.85. The van der Waals surface area contributed by atoms with Crippen LogP contribution in [0.25, 0.3) is 11.1 Å². The van der Waals surface area contributed by atoms with Gasteiger partial charge in [-0.05, 0) is 28.3 Å². The number of hydrogen-bond acceptors (Lipinski definition) is 2. The summed E-state index contributed by atoms with van der Waals surface area (Å²) in [6, 6.07) is 29.3. The van der Waals surface area contributed by atoms with Crippen LogP contribution in [0.3, 0.4) is 0 Å². The van der Waals surface area contributed by atoms with Crippen LogP contribution in [0.2, 0.25) is 0 Å². The standard InChI is InChI=1S/C25H26N2O/c28-25(19-21-8-3-1-4-9-21)27-16-14-26(15-17-27)20-22-10-7-13-24(18-22)23-11-5-2-6-12-23/h1-13,18H,14-17,19-20H2. The van der Waals surface area contributed by atoms with Gasteiger partial charge in [0.25, 0.3) is 0 Å². The number of piperazine rings is 1. The summed E-state index contributed by atoms with van der Waals surface area (Å²) in [5.41, 5.74) is 4.92. The van der Waals surface area contributed by atoms with Gasteiger partial charge in [0.05, 0.1) is 6.42 Å². The fourth-order valence-electron chi connectivity index (χ4n) is 3.78. The van der Waals surface area contributed by atoms with Crippen LogP contribution < -0.4 is 0 Å². The van der Waals surface area contributed by atoms with E-state index in [1.165, 1.54) is 16.7 Å². The molecule has 0 aliphatic carbocycles. The molecule has 0 spiro atoms. The number of nitrogens with zero attached hydrogens (tertiary/aromatic N) is 2. The van der Waals surface area contributed by atoms with Crippen LogP contribution in [0.4, 0.5) is 0 Å². The minimum absolute atomic E-state index is 0.233. The highest BCUT2D eigenvalue weighted by atomic mass is 16.2. The lowest BCUT2D eigenvalue weighted by Gasteiger charge is -2.35. The Morgan fingerprint density at radius 2 is 1.29 bits per heavy atom. The number of rotatable bonds is 5. The average molecular weight is 370 g/mol. The Labute approximate surface area is 167 Å². The normalized spacial score (nSPS) is 14.8. The first-order valence-corrected chi connectivity index (χ1v) is 9.96. The highest BCUT2D eigenvalue weighted by Crippen LogP contribution is 2.21. The van der Waals surface area contributed by atoms with Gasteiger partial charge in [-0.25, -0.2) is 0 Å². The van der Waals surface area contributed by atoms with Crippen molar-refractivity contribution in [2.75, 3.05) is 26.2 Å². The summed E-state index contributed by atoms with van der Waals surface area (Å²) in [7, 11) is 0. The smallest absolute Gasteiger partial charge is 0.227 e. The molecule has 1 fully saturated rings. The van der Waals surface area contributed by atoms with Crippen molar-refractivity contribution in [2.24, 2.45) is 0 Å². The van der Waals surface area contributed by atoms with Gasteiger partial charge in [0.15, 0.2) is 0 Å². The zero-order chi connectivity index (χ0) is 19.2. The SMILES string of the molecule is O=C(Cc1ccccc1)N1CCN(Cc2cccc(-c3ccccc3)c2)CC1. The molecular weight excluding hydrogens is 344 g/mol. The molecular formula is C25H26N2O. The van der Waals surface area contributed by atoms with Crippen molar-refractivity contribution in [3.05, 3.63) is 96.1 Å². The second-order valence-electron chi connectivity index (χ2n) is 7.39. The van der Waals surface area contributed by atoms with Crippen LogP contribution >= 0.6 is 0 Å². The fourth-order valence-corrected chi connectivity index (χ4v) is 3.78. The van der Waals surface area contributed by atoms with Crippen LogP contribution in [-0.2, 0) is 17.8 Å². The first-order valence-electron chi connectivity index (χ1n) is 9.96. The van der Waals surface area contributed by atoms with Crippen molar-refractivity contribution in [1.82, 2.24) is 9.80 Å². The number of carbonyl (C=O) groups is 1. The van der Waals surface area contributed by atoms with Crippen LogP contribution in [-0.4, -0.2) is 41.9 Å². The molecule has 3 aromatic rings. The Kier molecular flexibility index (Phi) is 5.83. The Morgan fingerprint density at radius 3 is 2.00 bits per heavy atom. The predicted octanol–water partition coefficient (Wildman–Crippen LogP) is 4.24. The molecule has 28 heavy (non-hydrogen) atoms. The third-order valence-corrected chi connectivity index (χ3v) is 5.36. The average Bonchev–Trinajstić information content (AvgIpc) is 2.76. The molecule has 4 rings (SSSR count). The molecule has 0 radical (unpaired) electrons. The van der Waals surface area contributed by atoms with E-state index < -0.39 is 0 Å². The zero-order valence-electron chi connectivity index (χ0n) is 16.1. The van der Waals surface area contributed by atoms with Gasteiger partial charge in [-0.1, -0.05) is 78.9 Å². The van der Waals surface area contributed by atoms with Crippen molar-refractivity contribution >= 4 is 5.91 Å². The number of hydrogen-bond donors (Lipinski definition) is 0. The Balaban J connectivity index is 1.32. The maximum Gasteiger partial charge on any atom is 0.227 e. The Bertz CT molecular complexity index is 900. The topological polar surface area (TPSA) is 23.6 Å². The van der Waals surface area contributed by atoms with E-state index in [0.29, 0.717) is 6.42 Å². The lowest BCUT2D eigenvalue weighted by molar-refractivity contribution is -0.132. The minimum atomic E-state index is 0.233. The number of carbonyl (C=O) groups excluding carboxylic acids is 1. The van der Waals surface area contributed by atoms with Gasteiger partial charge in [0.2, 0.25) is 5.91 Å². The molecule has 0 N–H and O–H groups in total. The van der Waals surface area contributed by atoms with Crippen LogP contribution in [0, 0.1) is 0 Å². The summed E-state index contributed by atoms with van der Waals surface area (Å²) in [6.07, 6.45) is 0.500. The number of benzene rings is 3. The van der Waals surface area contributed by atoms with E-state index in [1.54, 1.807) is 0 Å². The maximum atomic E-state index is 12.5. The third kappa shape index (κ3) is 4.68. The summed E-state index contributed by atoms with van der Waals surface area (Å²) in [5, 5.41) is 0. The molecule has 1 heterocycles. The van der Waals surface area contributed by atoms with Crippen molar-refractivity contribution in [3.63, 3.8) is 0 Å². The summed E-state index contributed by atoms with van der Waals surface area (Å²) in [6.45, 7) is 4.40. The van der Waals surface area contributed by atoms with Gasteiger partial charge in [0.1, 0.15) is 0 Å². The van der Waals surface area contributed by atoms with Gasteiger partial charge >= 0.3 is 0 Å².